The van der Waals surface area contributed by atoms with Crippen molar-refractivity contribution in [3.05, 3.63) is 60.3 Å². The van der Waals surface area contributed by atoms with Crippen molar-refractivity contribution in [2.45, 2.75) is 31.8 Å². The fraction of sp³-hybridized carbons (Fsp3) is 0.409. The Kier molecular flexibility index (Phi) is 5.23. The zero-order valence-corrected chi connectivity index (χ0v) is 16.9. The van der Waals surface area contributed by atoms with Crippen LogP contribution in [0.25, 0.3) is 11.5 Å². The lowest BCUT2D eigenvalue weighted by Crippen LogP contribution is -2.50. The summed E-state index contributed by atoms with van der Waals surface area (Å²) >= 11 is 0. The maximum atomic E-state index is 13.3. The Hall–Kier alpha value is -3.13. The van der Waals surface area contributed by atoms with Crippen LogP contribution >= 0.6 is 0 Å². The molecule has 5 rings (SSSR count). The first-order valence-corrected chi connectivity index (χ1v) is 10.5. The van der Waals surface area contributed by atoms with Crippen molar-refractivity contribution in [2.75, 3.05) is 26.2 Å². The van der Waals surface area contributed by atoms with Crippen molar-refractivity contribution in [3.8, 4) is 11.5 Å². The van der Waals surface area contributed by atoms with Gasteiger partial charge in [-0.15, -0.1) is 10.2 Å². The molecule has 8 nitrogen and oxygen atoms in total. The molecule has 1 aromatic carbocycles. The van der Waals surface area contributed by atoms with Crippen LogP contribution in [0.2, 0.25) is 0 Å². The third-order valence-corrected chi connectivity index (χ3v) is 5.99. The minimum atomic E-state index is -0.225. The molecule has 1 fully saturated rings. The van der Waals surface area contributed by atoms with Crippen LogP contribution in [-0.2, 0) is 17.9 Å². The van der Waals surface area contributed by atoms with Crippen molar-refractivity contribution in [1.82, 2.24) is 34.5 Å². The van der Waals surface area contributed by atoms with E-state index in [9.17, 15) is 4.79 Å². The van der Waals surface area contributed by atoms with E-state index in [1.54, 1.807) is 18.6 Å². The van der Waals surface area contributed by atoms with Gasteiger partial charge in [-0.05, 0) is 18.4 Å². The van der Waals surface area contributed by atoms with E-state index in [4.69, 9.17) is 0 Å². The molecule has 0 N–H and O–H groups in total. The van der Waals surface area contributed by atoms with E-state index in [0.717, 1.165) is 57.9 Å². The van der Waals surface area contributed by atoms with Crippen LogP contribution in [0.4, 0.5) is 0 Å². The van der Waals surface area contributed by atoms with Gasteiger partial charge in [-0.1, -0.05) is 30.3 Å². The maximum absolute atomic E-state index is 13.3. The fourth-order valence-corrected chi connectivity index (χ4v) is 4.40. The van der Waals surface area contributed by atoms with Crippen LogP contribution in [-0.4, -0.2) is 66.6 Å². The van der Waals surface area contributed by atoms with Crippen molar-refractivity contribution in [1.29, 1.82) is 0 Å². The number of rotatable bonds is 4. The van der Waals surface area contributed by atoms with Crippen molar-refractivity contribution in [3.63, 3.8) is 0 Å². The van der Waals surface area contributed by atoms with Gasteiger partial charge in [-0.3, -0.25) is 14.7 Å². The summed E-state index contributed by atoms with van der Waals surface area (Å²) in [7, 11) is 0. The highest BCUT2D eigenvalue weighted by atomic mass is 16.2. The van der Waals surface area contributed by atoms with Gasteiger partial charge in [0.25, 0.3) is 0 Å². The quantitative estimate of drug-likeness (QED) is 0.663. The first-order valence-electron chi connectivity index (χ1n) is 10.5. The Bertz CT molecular complexity index is 997. The van der Waals surface area contributed by atoms with Crippen molar-refractivity contribution >= 4 is 5.91 Å². The van der Waals surface area contributed by atoms with E-state index in [1.165, 1.54) is 5.56 Å². The van der Waals surface area contributed by atoms with Gasteiger partial charge < -0.3 is 9.47 Å². The summed E-state index contributed by atoms with van der Waals surface area (Å²) in [6, 6.07) is 10.5. The fourth-order valence-electron chi connectivity index (χ4n) is 4.40. The molecule has 8 heteroatoms. The Balaban J connectivity index is 1.26. The number of aromatic nitrogens is 5. The topological polar surface area (TPSA) is 80.0 Å². The molecule has 1 unspecified atom stereocenters. The smallest absolute Gasteiger partial charge is 0.233 e. The summed E-state index contributed by atoms with van der Waals surface area (Å²) in [5.74, 6) is 1.41. The predicted molar refractivity (Wildman–Crippen MR) is 111 cm³/mol. The van der Waals surface area contributed by atoms with E-state index in [0.29, 0.717) is 11.5 Å². The molecule has 30 heavy (non-hydrogen) atoms. The molecule has 0 aliphatic carbocycles. The highest BCUT2D eigenvalue weighted by Crippen LogP contribution is 2.31. The molecule has 3 aromatic rings. The average molecular weight is 403 g/mol. The lowest BCUT2D eigenvalue weighted by atomic mass is 9.96. The normalized spacial score (nSPS) is 19.5. The number of hydrogen-bond donors (Lipinski definition) is 0. The van der Waals surface area contributed by atoms with Gasteiger partial charge in [-0.2, -0.15) is 0 Å². The van der Waals surface area contributed by atoms with E-state index in [1.807, 2.05) is 15.5 Å². The third-order valence-electron chi connectivity index (χ3n) is 5.99. The molecule has 2 aliphatic heterocycles. The standard InChI is InChI=1S/C22H25N7O/c30-22(28-13-11-27(12-14-28)16-17-5-2-1-3-6-17)18-7-4-10-29-20(18)25-26-21(29)19-15-23-8-9-24-19/h1-3,5-6,8-9,15,18H,4,7,10-14,16H2. The van der Waals surface area contributed by atoms with Gasteiger partial charge in [-0.25, -0.2) is 4.98 Å². The number of carbonyl (C=O) groups excluding carboxylic acids is 1. The molecule has 1 atom stereocenters. The molecule has 1 amide bonds. The first-order chi connectivity index (χ1) is 14.8. The Morgan fingerprint density at radius 1 is 1.00 bits per heavy atom. The SMILES string of the molecule is O=C(C1CCCn2c(-c3cnccn3)nnc21)N1CCN(Cc2ccccc2)CC1. The van der Waals surface area contributed by atoms with Gasteiger partial charge in [0.05, 0.1) is 12.1 Å². The zero-order chi connectivity index (χ0) is 20.3. The zero-order valence-electron chi connectivity index (χ0n) is 16.9. The van der Waals surface area contributed by atoms with Crippen LogP contribution < -0.4 is 0 Å². The minimum absolute atomic E-state index is 0.174. The molecule has 0 radical (unpaired) electrons. The molecule has 0 bridgehead atoms. The molecule has 2 aliphatic rings. The summed E-state index contributed by atoms with van der Waals surface area (Å²) in [5.41, 5.74) is 2.01. The minimum Gasteiger partial charge on any atom is -0.339 e. The van der Waals surface area contributed by atoms with Crippen LogP contribution in [0, 0.1) is 0 Å². The molecular formula is C22H25N7O. The number of benzene rings is 1. The Morgan fingerprint density at radius 2 is 1.83 bits per heavy atom. The second-order valence-electron chi connectivity index (χ2n) is 7.91. The van der Waals surface area contributed by atoms with Crippen LogP contribution in [0.1, 0.15) is 30.1 Å². The Morgan fingerprint density at radius 3 is 2.60 bits per heavy atom. The van der Waals surface area contributed by atoms with Crippen molar-refractivity contribution in [2.24, 2.45) is 0 Å². The first kappa shape index (κ1) is 18.9. The summed E-state index contributed by atoms with van der Waals surface area (Å²) in [4.78, 5) is 26.2. The van der Waals surface area contributed by atoms with Gasteiger partial charge in [0, 0.05) is 51.7 Å². The molecule has 4 heterocycles. The van der Waals surface area contributed by atoms with E-state index >= 15 is 0 Å². The monoisotopic (exact) mass is 403 g/mol. The molecule has 0 spiro atoms. The lowest BCUT2D eigenvalue weighted by Gasteiger charge is -2.37. The number of carbonyl (C=O) groups is 1. The molecule has 154 valence electrons. The van der Waals surface area contributed by atoms with Gasteiger partial charge >= 0.3 is 0 Å². The summed E-state index contributed by atoms with van der Waals surface area (Å²) in [5, 5.41) is 8.72. The second kappa shape index (κ2) is 8.31. The highest BCUT2D eigenvalue weighted by Gasteiger charge is 2.35. The van der Waals surface area contributed by atoms with Gasteiger partial charge in [0.2, 0.25) is 5.91 Å². The molecule has 0 saturated carbocycles. The van der Waals surface area contributed by atoms with E-state index < -0.39 is 0 Å². The van der Waals surface area contributed by atoms with E-state index in [2.05, 4.69) is 49.3 Å². The van der Waals surface area contributed by atoms with Gasteiger partial charge in [0.1, 0.15) is 11.5 Å². The number of piperazine rings is 1. The van der Waals surface area contributed by atoms with Gasteiger partial charge in [0.15, 0.2) is 5.82 Å². The number of amides is 1. The third kappa shape index (κ3) is 3.70. The van der Waals surface area contributed by atoms with Crippen LogP contribution in [0.15, 0.2) is 48.9 Å². The Labute approximate surface area is 175 Å². The maximum Gasteiger partial charge on any atom is 0.233 e. The predicted octanol–water partition coefficient (Wildman–Crippen LogP) is 1.96. The average Bonchev–Trinajstić information content (AvgIpc) is 3.25. The van der Waals surface area contributed by atoms with Crippen molar-refractivity contribution < 1.29 is 4.79 Å². The van der Waals surface area contributed by atoms with E-state index in [-0.39, 0.29) is 11.8 Å². The molecule has 2 aromatic heterocycles. The number of fused-ring (bicyclic) bond motifs is 1. The summed E-state index contributed by atoms with van der Waals surface area (Å²) in [6.45, 7) is 5.04. The highest BCUT2D eigenvalue weighted by molar-refractivity contribution is 5.83. The summed E-state index contributed by atoms with van der Waals surface area (Å²) < 4.78 is 2.04. The van der Waals surface area contributed by atoms with Crippen LogP contribution in [0.5, 0.6) is 0 Å². The molecule has 1 saturated heterocycles. The number of nitrogens with zero attached hydrogens (tertiary/aromatic N) is 7. The molecular weight excluding hydrogens is 378 g/mol. The summed E-state index contributed by atoms with van der Waals surface area (Å²) in [6.07, 6.45) is 6.73. The second-order valence-corrected chi connectivity index (χ2v) is 7.91. The largest absolute Gasteiger partial charge is 0.339 e. The lowest BCUT2D eigenvalue weighted by molar-refractivity contribution is -0.135. The van der Waals surface area contributed by atoms with Crippen LogP contribution in [0.3, 0.4) is 0 Å². The number of hydrogen-bond acceptors (Lipinski definition) is 6.